The smallest absolute Gasteiger partial charge is 0.355 e. The average Bonchev–Trinajstić information content (AvgIpc) is 2.38. The van der Waals surface area contributed by atoms with Gasteiger partial charge < -0.3 is 4.74 Å². The first-order chi connectivity index (χ1) is 8.50. The normalized spacial score (nSPS) is 24.6. The Bertz CT molecular complexity index is 447. The van der Waals surface area contributed by atoms with Gasteiger partial charge in [-0.2, -0.15) is 18.4 Å². The number of hydrogen-bond donors (Lipinski definition) is 0. The Kier molecular flexibility index (Phi) is 3.58. The van der Waals surface area contributed by atoms with E-state index in [1.54, 1.807) is 0 Å². The van der Waals surface area contributed by atoms with Crippen LogP contribution < -0.4 is 0 Å². The number of nitrogens with zero attached hydrogens (tertiary/aromatic N) is 1. The summed E-state index contributed by atoms with van der Waals surface area (Å²) in [6.07, 6.45) is -2.76. The van der Waals surface area contributed by atoms with Crippen LogP contribution in [0, 0.1) is 11.3 Å². The summed E-state index contributed by atoms with van der Waals surface area (Å²) in [5.41, 5.74) is 0.0295. The van der Waals surface area contributed by atoms with Gasteiger partial charge in [0.15, 0.2) is 0 Å². The highest BCUT2D eigenvalue weighted by Gasteiger charge is 2.30. The summed E-state index contributed by atoms with van der Waals surface area (Å²) in [6, 6.07) is 6.99. The van der Waals surface area contributed by atoms with Crippen LogP contribution in [0.25, 0.3) is 0 Å². The zero-order valence-corrected chi connectivity index (χ0v) is 9.57. The van der Waals surface area contributed by atoms with Crippen molar-refractivity contribution < 1.29 is 17.9 Å². The predicted molar refractivity (Wildman–Crippen MR) is 58.5 cm³/mol. The van der Waals surface area contributed by atoms with E-state index in [0.717, 1.165) is 25.0 Å². The van der Waals surface area contributed by atoms with Gasteiger partial charge in [-0.15, -0.1) is 0 Å². The molecule has 1 aromatic rings. The second kappa shape index (κ2) is 4.99. The van der Waals surface area contributed by atoms with Gasteiger partial charge in [0.1, 0.15) is 6.10 Å². The van der Waals surface area contributed by atoms with E-state index in [2.05, 4.69) is 0 Å². The molecule has 1 fully saturated rings. The molecule has 2 atom stereocenters. The van der Waals surface area contributed by atoms with Crippen LogP contribution in [0.4, 0.5) is 13.2 Å². The second-order valence-corrected chi connectivity index (χ2v) is 4.29. The number of ether oxygens (including phenoxy) is 1. The molecule has 0 amide bonds. The number of alkyl halides is 3. The molecule has 5 heteroatoms. The molecule has 0 radical (unpaired) electrons. The average molecular weight is 255 g/mol. The van der Waals surface area contributed by atoms with Crippen LogP contribution in [-0.4, -0.2) is 6.10 Å². The third kappa shape index (κ3) is 2.82. The Hall–Kier alpha value is -1.54. The number of rotatable bonds is 1. The quantitative estimate of drug-likeness (QED) is 0.763. The van der Waals surface area contributed by atoms with Crippen LogP contribution >= 0.6 is 0 Å². The molecule has 18 heavy (non-hydrogen) atoms. The van der Waals surface area contributed by atoms with Crippen LogP contribution in [0.5, 0.6) is 0 Å². The molecular formula is C13H12F3NO. The molecule has 1 heterocycles. The van der Waals surface area contributed by atoms with Crippen molar-refractivity contribution in [3.63, 3.8) is 0 Å². The maximum absolute atomic E-state index is 12.4. The Labute approximate surface area is 103 Å². The first kappa shape index (κ1) is 12.9. The summed E-state index contributed by atoms with van der Waals surface area (Å²) >= 11 is 0. The highest BCUT2D eigenvalue weighted by Crippen LogP contribution is 2.34. The van der Waals surface area contributed by atoms with Crippen LogP contribution in [0.15, 0.2) is 24.3 Å². The minimum atomic E-state index is -4.32. The first-order valence-electron chi connectivity index (χ1n) is 5.73. The molecule has 0 saturated carbocycles. The summed E-state index contributed by atoms with van der Waals surface area (Å²) in [7, 11) is 0. The molecule has 2 rings (SSSR count). The molecule has 2 nitrogen and oxygen atoms in total. The van der Waals surface area contributed by atoms with E-state index in [9.17, 15) is 13.2 Å². The third-order valence-corrected chi connectivity index (χ3v) is 3.01. The number of nitriles is 1. The lowest BCUT2D eigenvalue weighted by atomic mass is 9.98. The minimum Gasteiger partial charge on any atom is -0.355 e. The van der Waals surface area contributed by atoms with Crippen molar-refractivity contribution in [1.29, 1.82) is 5.26 Å². The van der Waals surface area contributed by atoms with Crippen LogP contribution in [0.1, 0.15) is 36.5 Å². The monoisotopic (exact) mass is 255 g/mol. The van der Waals surface area contributed by atoms with Crippen molar-refractivity contribution in [1.82, 2.24) is 0 Å². The van der Waals surface area contributed by atoms with E-state index in [0.29, 0.717) is 12.0 Å². The summed E-state index contributed by atoms with van der Waals surface area (Å²) in [6.45, 7) is 0. The fraction of sp³-hybridized carbons (Fsp3) is 0.462. The maximum atomic E-state index is 12.4. The second-order valence-electron chi connectivity index (χ2n) is 4.29. The lowest BCUT2D eigenvalue weighted by molar-refractivity contribution is -0.137. The van der Waals surface area contributed by atoms with Gasteiger partial charge in [0.25, 0.3) is 0 Å². The van der Waals surface area contributed by atoms with E-state index in [1.165, 1.54) is 12.1 Å². The standard InChI is InChI=1S/C13H12F3NO/c14-13(15,16)10-6-4-9(5-7-10)12-3-1-2-11(8-17)18-12/h4-7,11-12H,1-3H2/t11-,12-/m1/s1. The number of hydrogen-bond acceptors (Lipinski definition) is 2. The zero-order chi connectivity index (χ0) is 13.2. The molecular weight excluding hydrogens is 243 g/mol. The van der Waals surface area contributed by atoms with E-state index in [-0.39, 0.29) is 6.10 Å². The molecule has 96 valence electrons. The zero-order valence-electron chi connectivity index (χ0n) is 9.57. The van der Waals surface area contributed by atoms with Gasteiger partial charge in [-0.25, -0.2) is 0 Å². The molecule has 0 N–H and O–H groups in total. The van der Waals surface area contributed by atoms with E-state index >= 15 is 0 Å². The van der Waals surface area contributed by atoms with E-state index in [1.807, 2.05) is 6.07 Å². The molecule has 1 saturated heterocycles. The highest BCUT2D eigenvalue weighted by molar-refractivity contribution is 5.26. The van der Waals surface area contributed by atoms with Crippen molar-refractivity contribution in [3.8, 4) is 6.07 Å². The van der Waals surface area contributed by atoms with Crippen molar-refractivity contribution >= 4 is 0 Å². The van der Waals surface area contributed by atoms with Crippen LogP contribution in [0.2, 0.25) is 0 Å². The fourth-order valence-corrected chi connectivity index (χ4v) is 2.05. The number of benzene rings is 1. The molecule has 0 aliphatic carbocycles. The van der Waals surface area contributed by atoms with Crippen molar-refractivity contribution in [2.45, 2.75) is 37.6 Å². The maximum Gasteiger partial charge on any atom is 0.416 e. The molecule has 1 aromatic carbocycles. The molecule has 0 aromatic heterocycles. The summed E-state index contributed by atoms with van der Waals surface area (Å²) in [4.78, 5) is 0. The summed E-state index contributed by atoms with van der Waals surface area (Å²) < 4.78 is 42.7. The van der Waals surface area contributed by atoms with Gasteiger partial charge >= 0.3 is 6.18 Å². The summed E-state index contributed by atoms with van der Waals surface area (Å²) in [5.74, 6) is 0. The van der Waals surface area contributed by atoms with Crippen molar-refractivity contribution in [3.05, 3.63) is 35.4 Å². The Morgan fingerprint density at radius 2 is 1.83 bits per heavy atom. The SMILES string of the molecule is N#C[C@H]1CCC[C@H](c2ccc(C(F)(F)F)cc2)O1. The van der Waals surface area contributed by atoms with Gasteiger partial charge in [0.05, 0.1) is 17.7 Å². The highest BCUT2D eigenvalue weighted by atomic mass is 19.4. The predicted octanol–water partition coefficient (Wildman–Crippen LogP) is 3.84. The van der Waals surface area contributed by atoms with Gasteiger partial charge in [-0.05, 0) is 37.0 Å². The molecule has 0 unspecified atom stereocenters. The van der Waals surface area contributed by atoms with Crippen LogP contribution in [-0.2, 0) is 10.9 Å². The number of halogens is 3. The molecule has 0 bridgehead atoms. The largest absolute Gasteiger partial charge is 0.416 e. The summed E-state index contributed by atoms with van der Waals surface area (Å²) in [5, 5.41) is 8.78. The van der Waals surface area contributed by atoms with Crippen LogP contribution in [0.3, 0.4) is 0 Å². The Morgan fingerprint density at radius 3 is 2.39 bits per heavy atom. The fourth-order valence-electron chi connectivity index (χ4n) is 2.05. The van der Waals surface area contributed by atoms with Crippen molar-refractivity contribution in [2.24, 2.45) is 0 Å². The molecule has 1 aliphatic heterocycles. The lowest BCUT2D eigenvalue weighted by Crippen LogP contribution is -2.20. The van der Waals surface area contributed by atoms with Gasteiger partial charge in [-0.3, -0.25) is 0 Å². The van der Waals surface area contributed by atoms with Gasteiger partial charge in [0.2, 0.25) is 0 Å². The van der Waals surface area contributed by atoms with Gasteiger partial charge in [-0.1, -0.05) is 12.1 Å². The molecule has 0 spiro atoms. The van der Waals surface area contributed by atoms with E-state index in [4.69, 9.17) is 10.00 Å². The van der Waals surface area contributed by atoms with Crippen molar-refractivity contribution in [2.75, 3.05) is 0 Å². The Balaban J connectivity index is 2.12. The molecule has 1 aliphatic rings. The Morgan fingerprint density at radius 1 is 1.17 bits per heavy atom. The lowest BCUT2D eigenvalue weighted by Gasteiger charge is -2.26. The van der Waals surface area contributed by atoms with Gasteiger partial charge in [0, 0.05) is 0 Å². The third-order valence-electron chi connectivity index (χ3n) is 3.01. The minimum absolute atomic E-state index is 0.273. The van der Waals surface area contributed by atoms with E-state index < -0.39 is 17.8 Å². The topological polar surface area (TPSA) is 33.0 Å². The first-order valence-corrected chi connectivity index (χ1v) is 5.73.